The van der Waals surface area contributed by atoms with E-state index in [0.717, 1.165) is 6.07 Å². The van der Waals surface area contributed by atoms with Gasteiger partial charge in [0.2, 0.25) is 10.0 Å². The van der Waals surface area contributed by atoms with Gasteiger partial charge < -0.3 is 0 Å². The molecule has 2 aliphatic rings. The minimum absolute atomic E-state index is 0.119. The molecule has 0 bridgehead atoms. The Hall–Kier alpha value is -2.32. The van der Waals surface area contributed by atoms with Crippen LogP contribution >= 0.6 is 0 Å². The van der Waals surface area contributed by atoms with Gasteiger partial charge in [-0.15, -0.1) is 0 Å². The van der Waals surface area contributed by atoms with Gasteiger partial charge in [0.1, 0.15) is 0 Å². The number of carbonyl (C=O) groups excluding carboxylic acids is 1. The van der Waals surface area contributed by atoms with Crippen LogP contribution in [0.15, 0.2) is 53.5 Å². The number of rotatable bonds is 3. The van der Waals surface area contributed by atoms with Crippen LogP contribution in [0.2, 0.25) is 0 Å². The van der Waals surface area contributed by atoms with E-state index in [2.05, 4.69) is 0 Å². The second-order valence-corrected chi connectivity index (χ2v) is 7.36. The van der Waals surface area contributed by atoms with Crippen LogP contribution in [-0.2, 0) is 14.8 Å². The summed E-state index contributed by atoms with van der Waals surface area (Å²) < 4.78 is 27.1. The lowest BCUT2D eigenvalue weighted by molar-refractivity contribution is -0.385. The summed E-state index contributed by atoms with van der Waals surface area (Å²) in [5.41, 5.74) is -1.14. The Morgan fingerprint density at radius 3 is 2.57 bits per heavy atom. The van der Waals surface area contributed by atoms with Crippen LogP contribution in [-0.4, -0.2) is 35.5 Å². The van der Waals surface area contributed by atoms with Crippen molar-refractivity contribution in [2.24, 2.45) is 0 Å². The Morgan fingerprint density at radius 2 is 1.91 bits per heavy atom. The van der Waals surface area contributed by atoms with Gasteiger partial charge in [-0.25, -0.2) is 8.42 Å². The van der Waals surface area contributed by atoms with Crippen molar-refractivity contribution in [3.63, 3.8) is 0 Å². The standard InChI is InChI=1S/C15H14N2O5S/c18-13-5-8-15(9-6-13)7-2-10-16(15)23(21,22)14-4-1-3-12(11-14)17(19)20/h1,3-6,8-9,11H,2,7,10H2. The van der Waals surface area contributed by atoms with Gasteiger partial charge >= 0.3 is 0 Å². The van der Waals surface area contributed by atoms with E-state index in [-0.39, 0.29) is 16.4 Å². The fourth-order valence-electron chi connectivity index (χ4n) is 2.96. The molecule has 1 fully saturated rings. The van der Waals surface area contributed by atoms with Crippen molar-refractivity contribution in [3.8, 4) is 0 Å². The van der Waals surface area contributed by atoms with Crippen molar-refractivity contribution in [2.75, 3.05) is 6.54 Å². The van der Waals surface area contributed by atoms with Crippen molar-refractivity contribution in [1.29, 1.82) is 0 Å². The normalized spacial score (nSPS) is 20.3. The highest BCUT2D eigenvalue weighted by molar-refractivity contribution is 7.89. The van der Waals surface area contributed by atoms with Crippen molar-refractivity contribution in [1.82, 2.24) is 4.31 Å². The van der Waals surface area contributed by atoms with Crippen LogP contribution in [0.5, 0.6) is 0 Å². The zero-order valence-corrected chi connectivity index (χ0v) is 12.9. The third-order valence-electron chi connectivity index (χ3n) is 4.09. The van der Waals surface area contributed by atoms with E-state index in [1.807, 2.05) is 0 Å². The van der Waals surface area contributed by atoms with Crippen molar-refractivity contribution < 1.29 is 18.1 Å². The summed E-state index contributed by atoms with van der Waals surface area (Å²) in [7, 11) is -3.91. The molecule has 1 aliphatic carbocycles. The summed E-state index contributed by atoms with van der Waals surface area (Å²) in [6.07, 6.45) is 7.13. The first-order valence-electron chi connectivity index (χ1n) is 7.05. The van der Waals surface area contributed by atoms with E-state index in [9.17, 15) is 23.3 Å². The van der Waals surface area contributed by atoms with E-state index >= 15 is 0 Å². The van der Waals surface area contributed by atoms with Gasteiger partial charge in [-0.2, -0.15) is 4.31 Å². The summed E-state index contributed by atoms with van der Waals surface area (Å²) in [6.45, 7) is 0.299. The highest BCUT2D eigenvalue weighted by atomic mass is 32.2. The molecule has 1 heterocycles. The monoisotopic (exact) mass is 334 g/mol. The Kier molecular flexibility index (Phi) is 3.65. The number of nitro groups is 1. The van der Waals surface area contributed by atoms with Gasteiger partial charge in [-0.1, -0.05) is 18.2 Å². The molecule has 1 aromatic rings. The molecule has 7 nitrogen and oxygen atoms in total. The van der Waals surface area contributed by atoms with Gasteiger partial charge in [-0.05, 0) is 31.1 Å². The second-order valence-electron chi connectivity index (χ2n) is 5.50. The number of non-ortho nitro benzene ring substituents is 1. The zero-order valence-electron chi connectivity index (χ0n) is 12.1. The molecule has 0 aromatic heterocycles. The molecular formula is C15H14N2O5S. The first kappa shape index (κ1) is 15.6. The molecule has 23 heavy (non-hydrogen) atoms. The summed E-state index contributed by atoms with van der Waals surface area (Å²) in [4.78, 5) is 21.5. The Morgan fingerprint density at radius 1 is 1.22 bits per heavy atom. The second kappa shape index (κ2) is 5.39. The topological polar surface area (TPSA) is 97.6 Å². The SMILES string of the molecule is O=C1C=CC2(C=C1)CCCN2S(=O)(=O)c1cccc([N+](=O)[O-])c1. The van der Waals surface area contributed by atoms with E-state index < -0.39 is 20.5 Å². The van der Waals surface area contributed by atoms with Crippen LogP contribution in [0.3, 0.4) is 0 Å². The van der Waals surface area contributed by atoms with Crippen molar-refractivity contribution in [3.05, 3.63) is 58.7 Å². The number of nitrogens with zero attached hydrogens (tertiary/aromatic N) is 2. The van der Waals surface area contributed by atoms with E-state index in [1.54, 1.807) is 12.2 Å². The number of nitro benzene ring substituents is 1. The quantitative estimate of drug-likeness (QED) is 0.620. The number of hydrogen-bond donors (Lipinski definition) is 0. The number of benzene rings is 1. The molecule has 1 spiro atoms. The molecule has 0 unspecified atom stereocenters. The molecule has 0 saturated carbocycles. The van der Waals surface area contributed by atoms with E-state index in [1.165, 1.54) is 34.7 Å². The van der Waals surface area contributed by atoms with Crippen LogP contribution in [0.4, 0.5) is 5.69 Å². The average molecular weight is 334 g/mol. The number of sulfonamides is 1. The molecular weight excluding hydrogens is 320 g/mol. The molecule has 1 saturated heterocycles. The lowest BCUT2D eigenvalue weighted by Crippen LogP contribution is -2.45. The highest BCUT2D eigenvalue weighted by Gasteiger charge is 2.45. The molecule has 120 valence electrons. The predicted octanol–water partition coefficient (Wildman–Crippen LogP) is 1.81. The molecule has 0 atom stereocenters. The minimum Gasteiger partial charge on any atom is -0.290 e. The maximum atomic E-state index is 12.9. The van der Waals surface area contributed by atoms with Gasteiger partial charge in [0.15, 0.2) is 5.78 Å². The van der Waals surface area contributed by atoms with Gasteiger partial charge in [0.25, 0.3) is 5.69 Å². The number of ketones is 1. The van der Waals surface area contributed by atoms with Crippen LogP contribution in [0.1, 0.15) is 12.8 Å². The average Bonchev–Trinajstić information content (AvgIpc) is 2.95. The van der Waals surface area contributed by atoms with E-state index in [0.29, 0.717) is 19.4 Å². The Balaban J connectivity index is 2.04. The number of allylic oxidation sites excluding steroid dienone is 2. The van der Waals surface area contributed by atoms with Crippen molar-refractivity contribution in [2.45, 2.75) is 23.3 Å². The van der Waals surface area contributed by atoms with Gasteiger partial charge in [0, 0.05) is 18.7 Å². The maximum absolute atomic E-state index is 12.9. The van der Waals surface area contributed by atoms with Crippen LogP contribution in [0, 0.1) is 10.1 Å². The summed E-state index contributed by atoms with van der Waals surface area (Å²) >= 11 is 0. The molecule has 1 aromatic carbocycles. The lowest BCUT2D eigenvalue weighted by Gasteiger charge is -2.33. The van der Waals surface area contributed by atoms with Gasteiger partial charge in [0.05, 0.1) is 15.4 Å². The van der Waals surface area contributed by atoms with Gasteiger partial charge in [-0.3, -0.25) is 14.9 Å². The van der Waals surface area contributed by atoms with Crippen LogP contribution < -0.4 is 0 Å². The molecule has 0 amide bonds. The number of hydrogen-bond acceptors (Lipinski definition) is 5. The third-order valence-corrected chi connectivity index (χ3v) is 6.04. The molecule has 0 radical (unpaired) electrons. The van der Waals surface area contributed by atoms with Crippen molar-refractivity contribution >= 4 is 21.5 Å². The Bertz CT molecular complexity index is 825. The largest absolute Gasteiger partial charge is 0.290 e. The lowest BCUT2D eigenvalue weighted by atomic mass is 9.92. The fourth-order valence-corrected chi connectivity index (χ4v) is 4.77. The summed E-state index contributed by atoms with van der Waals surface area (Å²) in [6, 6.07) is 5.00. The highest BCUT2D eigenvalue weighted by Crippen LogP contribution is 2.38. The smallest absolute Gasteiger partial charge is 0.270 e. The maximum Gasteiger partial charge on any atom is 0.270 e. The number of carbonyl (C=O) groups is 1. The summed E-state index contributed by atoms with van der Waals surface area (Å²) in [5, 5.41) is 10.9. The van der Waals surface area contributed by atoms with E-state index in [4.69, 9.17) is 0 Å². The molecule has 8 heteroatoms. The first-order valence-corrected chi connectivity index (χ1v) is 8.49. The minimum atomic E-state index is -3.91. The predicted molar refractivity (Wildman–Crippen MR) is 82.2 cm³/mol. The molecule has 1 aliphatic heterocycles. The van der Waals surface area contributed by atoms with Crippen LogP contribution in [0.25, 0.3) is 0 Å². The fraction of sp³-hybridized carbons (Fsp3) is 0.267. The Labute approximate surface area is 133 Å². The molecule has 3 rings (SSSR count). The zero-order chi connectivity index (χ0) is 16.7. The summed E-state index contributed by atoms with van der Waals surface area (Å²) in [5.74, 6) is -0.185. The third kappa shape index (κ3) is 2.60. The first-order chi connectivity index (χ1) is 10.8. The molecule has 0 N–H and O–H groups in total.